The van der Waals surface area contributed by atoms with Crippen LogP contribution in [0.25, 0.3) is 5.82 Å². The largest absolute Gasteiger partial charge is 0.466 e. The van der Waals surface area contributed by atoms with Crippen molar-refractivity contribution in [2.45, 2.75) is 59.1 Å². The van der Waals surface area contributed by atoms with Gasteiger partial charge in [-0.15, -0.1) is 0 Å². The van der Waals surface area contributed by atoms with E-state index < -0.39 is 6.10 Å². The molecule has 2 heterocycles. The zero-order chi connectivity index (χ0) is 24.0. The van der Waals surface area contributed by atoms with Crippen LogP contribution in [-0.2, 0) is 22.4 Å². The molecule has 1 atom stereocenters. The van der Waals surface area contributed by atoms with Crippen molar-refractivity contribution in [1.82, 2.24) is 14.9 Å². The number of hydrogen-bond acceptors (Lipinski definition) is 5. The van der Waals surface area contributed by atoms with Gasteiger partial charge >= 0.3 is 5.97 Å². The molecule has 0 saturated heterocycles. The molecule has 0 radical (unpaired) electrons. The second-order valence-corrected chi connectivity index (χ2v) is 9.16. The van der Waals surface area contributed by atoms with Gasteiger partial charge in [0.05, 0.1) is 19.1 Å². The molecule has 2 N–H and O–H groups in total. The van der Waals surface area contributed by atoms with Crippen LogP contribution in [0.3, 0.4) is 0 Å². The predicted molar refractivity (Wildman–Crippen MR) is 131 cm³/mol. The second-order valence-electron chi connectivity index (χ2n) is 9.16. The van der Waals surface area contributed by atoms with Crippen molar-refractivity contribution < 1.29 is 14.6 Å². The number of β-amino-alcohol motifs (C(OH)–C–C–N with tert-alkyl or cyclic N) is 1. The van der Waals surface area contributed by atoms with Gasteiger partial charge in [-0.25, -0.2) is 4.98 Å². The molecule has 0 amide bonds. The first-order valence-corrected chi connectivity index (χ1v) is 11.5. The summed E-state index contributed by atoms with van der Waals surface area (Å²) in [5.41, 5.74) is 4.87. The number of pyridine rings is 1. The van der Waals surface area contributed by atoms with E-state index in [1.54, 1.807) is 6.20 Å². The zero-order valence-corrected chi connectivity index (χ0v) is 20.3. The molecule has 0 aliphatic rings. The fourth-order valence-corrected chi connectivity index (χ4v) is 4.05. The zero-order valence-electron chi connectivity index (χ0n) is 20.3. The number of nitrogens with one attached hydrogen (secondary N) is 1. The van der Waals surface area contributed by atoms with Crippen molar-refractivity contribution in [3.63, 3.8) is 0 Å². The maximum Gasteiger partial charge on any atom is 0.310 e. The molecule has 6 nitrogen and oxygen atoms in total. The van der Waals surface area contributed by atoms with Crippen LogP contribution in [0.1, 0.15) is 55.0 Å². The van der Waals surface area contributed by atoms with Gasteiger partial charge in [-0.1, -0.05) is 30.3 Å². The molecule has 3 rings (SSSR count). The van der Waals surface area contributed by atoms with E-state index in [0.717, 1.165) is 40.3 Å². The summed E-state index contributed by atoms with van der Waals surface area (Å²) in [4.78, 5) is 16.3. The molecule has 0 aliphatic heterocycles. The Morgan fingerprint density at radius 2 is 1.82 bits per heavy atom. The van der Waals surface area contributed by atoms with Crippen molar-refractivity contribution in [1.29, 1.82) is 0 Å². The van der Waals surface area contributed by atoms with Gasteiger partial charge in [0.25, 0.3) is 0 Å². The minimum Gasteiger partial charge on any atom is -0.466 e. The lowest BCUT2D eigenvalue weighted by molar-refractivity contribution is -0.142. The number of aliphatic hydroxyl groups excluding tert-OH is 1. The van der Waals surface area contributed by atoms with Crippen LogP contribution < -0.4 is 5.32 Å². The highest BCUT2D eigenvalue weighted by atomic mass is 16.5. The topological polar surface area (TPSA) is 76.4 Å². The number of aromatic nitrogens is 2. The van der Waals surface area contributed by atoms with E-state index in [1.165, 1.54) is 0 Å². The summed E-state index contributed by atoms with van der Waals surface area (Å²) < 4.78 is 7.14. The van der Waals surface area contributed by atoms with Gasteiger partial charge in [0, 0.05) is 35.2 Å². The lowest BCUT2D eigenvalue weighted by Crippen LogP contribution is -2.43. The van der Waals surface area contributed by atoms with Crippen LogP contribution in [0, 0.1) is 13.8 Å². The number of aryl methyl sites for hydroxylation is 2. The quantitative estimate of drug-likeness (QED) is 0.453. The number of nitrogens with zero attached hydrogens (tertiary/aromatic N) is 2. The molecule has 6 heteroatoms. The van der Waals surface area contributed by atoms with Crippen molar-refractivity contribution in [2.75, 3.05) is 13.2 Å². The lowest BCUT2D eigenvalue weighted by Gasteiger charge is -2.28. The fourth-order valence-electron chi connectivity index (χ4n) is 4.05. The molecular formula is C27H35N3O3. The third-order valence-electron chi connectivity index (χ3n) is 5.72. The Balaban J connectivity index is 1.58. The first kappa shape index (κ1) is 24.7. The lowest BCUT2D eigenvalue weighted by atomic mass is 9.93. The maximum atomic E-state index is 11.8. The Hall–Kier alpha value is -2.96. The number of aliphatic hydroxyl groups is 1. The van der Waals surface area contributed by atoms with Crippen molar-refractivity contribution in [2.24, 2.45) is 0 Å². The maximum absolute atomic E-state index is 11.8. The Morgan fingerprint density at radius 3 is 2.45 bits per heavy atom. The molecule has 176 valence electrons. The average Bonchev–Trinajstić information content (AvgIpc) is 3.10. The number of carbonyl (C=O) groups is 1. The molecule has 0 spiro atoms. The van der Waals surface area contributed by atoms with Gasteiger partial charge in [-0.2, -0.15) is 0 Å². The Morgan fingerprint density at radius 1 is 1.12 bits per heavy atom. The van der Waals surface area contributed by atoms with E-state index in [0.29, 0.717) is 13.2 Å². The summed E-state index contributed by atoms with van der Waals surface area (Å²) in [5, 5.41) is 14.2. The predicted octanol–water partition coefficient (Wildman–Crippen LogP) is 4.24. The molecule has 33 heavy (non-hydrogen) atoms. The molecule has 0 aliphatic carbocycles. The van der Waals surface area contributed by atoms with Crippen LogP contribution in [0.2, 0.25) is 0 Å². The first-order chi connectivity index (χ1) is 15.7. The number of ether oxygens (including phenoxy) is 1. The van der Waals surface area contributed by atoms with Gasteiger partial charge in [0.2, 0.25) is 0 Å². The highest BCUT2D eigenvalue weighted by Crippen LogP contribution is 2.19. The average molecular weight is 450 g/mol. The summed E-state index contributed by atoms with van der Waals surface area (Å²) in [6, 6.07) is 16.0. The van der Waals surface area contributed by atoms with Gasteiger partial charge in [-0.05, 0) is 70.4 Å². The summed E-state index contributed by atoms with van der Waals surface area (Å²) >= 11 is 0. The van der Waals surface area contributed by atoms with E-state index in [4.69, 9.17) is 4.74 Å². The number of hydrogen-bond donors (Lipinski definition) is 2. The highest BCUT2D eigenvalue weighted by Gasteiger charge is 2.20. The monoisotopic (exact) mass is 449 g/mol. The molecule has 0 saturated carbocycles. The minimum atomic E-state index is -0.659. The molecule has 3 aromatic rings. The minimum absolute atomic E-state index is 0.211. The smallest absolute Gasteiger partial charge is 0.310 e. The highest BCUT2D eigenvalue weighted by molar-refractivity contribution is 5.72. The summed E-state index contributed by atoms with van der Waals surface area (Å²) in [6.07, 6.45) is 2.12. The summed E-state index contributed by atoms with van der Waals surface area (Å²) in [7, 11) is 0. The number of carbonyl (C=O) groups excluding carboxylic acids is 1. The van der Waals surface area contributed by atoms with Crippen LogP contribution in [0.5, 0.6) is 0 Å². The summed E-state index contributed by atoms with van der Waals surface area (Å²) in [5.74, 6) is 0.638. The van der Waals surface area contributed by atoms with Crippen LogP contribution >= 0.6 is 0 Å². The van der Waals surface area contributed by atoms with E-state index in [9.17, 15) is 9.90 Å². The third-order valence-corrected chi connectivity index (χ3v) is 5.72. The third kappa shape index (κ3) is 6.76. The van der Waals surface area contributed by atoms with Crippen LogP contribution in [0.4, 0.5) is 0 Å². The van der Waals surface area contributed by atoms with Gasteiger partial charge < -0.3 is 19.7 Å². The second kappa shape index (κ2) is 10.8. The van der Waals surface area contributed by atoms with Crippen molar-refractivity contribution >= 4 is 5.97 Å². The Bertz CT molecular complexity index is 1050. The van der Waals surface area contributed by atoms with Crippen molar-refractivity contribution in [3.05, 3.63) is 82.8 Å². The Labute approximate surface area is 196 Å². The molecule has 0 bridgehead atoms. The molecular weight excluding hydrogens is 414 g/mol. The van der Waals surface area contributed by atoms with E-state index >= 15 is 0 Å². The van der Waals surface area contributed by atoms with Crippen LogP contribution in [-0.4, -0.2) is 39.3 Å². The molecule has 1 aromatic carbocycles. The normalized spacial score (nSPS) is 12.5. The number of esters is 1. The van der Waals surface area contributed by atoms with Crippen LogP contribution in [0.15, 0.2) is 54.7 Å². The molecule has 0 fully saturated rings. The first-order valence-electron chi connectivity index (χ1n) is 11.5. The van der Waals surface area contributed by atoms with E-state index in [2.05, 4.69) is 60.8 Å². The Kier molecular flexibility index (Phi) is 8.06. The van der Waals surface area contributed by atoms with Crippen molar-refractivity contribution in [3.8, 4) is 5.82 Å². The standard InChI is InChI=1S/C27H35N3O3/c1-6-33-26(32)15-21-8-7-9-22(14-21)16-27(4,5)29-18-24(31)23-12-13-25(28-17-23)30-19(2)10-11-20(30)3/h7-14,17,24,29,31H,6,15-16,18H2,1-5H3/t24-/m1/s1. The summed E-state index contributed by atoms with van der Waals surface area (Å²) in [6.45, 7) is 10.9. The molecule has 0 unspecified atom stereocenters. The SMILES string of the molecule is CCOC(=O)Cc1cccc(CC(C)(C)NC[C@@H](O)c2ccc(-n3c(C)ccc3C)nc2)c1. The number of rotatable bonds is 10. The molecule has 2 aromatic heterocycles. The number of benzene rings is 1. The van der Waals surface area contributed by atoms with E-state index in [1.807, 2.05) is 37.3 Å². The van der Waals surface area contributed by atoms with Gasteiger partial charge in [0.15, 0.2) is 0 Å². The van der Waals surface area contributed by atoms with Gasteiger partial charge in [0.1, 0.15) is 5.82 Å². The van der Waals surface area contributed by atoms with E-state index in [-0.39, 0.29) is 17.9 Å². The fraction of sp³-hybridized carbons (Fsp3) is 0.407. The van der Waals surface area contributed by atoms with Gasteiger partial charge in [-0.3, -0.25) is 4.79 Å².